The molecule has 0 aliphatic carbocycles. The number of aromatic nitrogens is 2. The number of carbonyl (C=O) groups is 1. The highest BCUT2D eigenvalue weighted by Crippen LogP contribution is 1.94. The highest BCUT2D eigenvalue weighted by molar-refractivity contribution is 5.93. The molecule has 15 heavy (non-hydrogen) atoms. The molecule has 0 atom stereocenters. The van der Waals surface area contributed by atoms with E-state index in [9.17, 15) is 4.79 Å². The Labute approximate surface area is 88.8 Å². The van der Waals surface area contributed by atoms with Crippen molar-refractivity contribution in [3.8, 4) is 0 Å². The van der Waals surface area contributed by atoms with Gasteiger partial charge in [0.15, 0.2) is 5.78 Å². The zero-order chi connectivity index (χ0) is 10.9. The van der Waals surface area contributed by atoms with E-state index in [-0.39, 0.29) is 5.78 Å². The Balaban J connectivity index is 0.000000162. The summed E-state index contributed by atoms with van der Waals surface area (Å²) in [5.74, 6) is 0.0584. The van der Waals surface area contributed by atoms with Crippen LogP contribution in [-0.2, 0) is 0 Å². The van der Waals surface area contributed by atoms with E-state index in [0.29, 0.717) is 5.56 Å². The first-order chi connectivity index (χ1) is 7.30. The van der Waals surface area contributed by atoms with Crippen molar-refractivity contribution in [2.75, 3.05) is 0 Å². The fourth-order valence-corrected chi connectivity index (χ4v) is 0.884. The maximum absolute atomic E-state index is 10.6. The Morgan fingerprint density at radius 1 is 1.00 bits per heavy atom. The molecule has 0 radical (unpaired) electrons. The smallest absolute Gasteiger partial charge is 0.161 e. The van der Waals surface area contributed by atoms with Crippen LogP contribution in [0.5, 0.6) is 0 Å². The summed E-state index contributed by atoms with van der Waals surface area (Å²) in [6, 6.07) is 9.21. The van der Waals surface area contributed by atoms with Crippen LogP contribution in [0.4, 0.5) is 0 Å². The van der Waals surface area contributed by atoms with Gasteiger partial charge in [0.2, 0.25) is 0 Å². The molecule has 3 heteroatoms. The molecular weight excluding hydrogens is 188 g/mol. The van der Waals surface area contributed by atoms with Gasteiger partial charge >= 0.3 is 0 Å². The minimum atomic E-state index is 0.0584. The topological polar surface area (TPSA) is 42.9 Å². The zero-order valence-corrected chi connectivity index (χ0v) is 8.50. The molecule has 0 spiro atoms. The van der Waals surface area contributed by atoms with Crippen LogP contribution in [0.3, 0.4) is 0 Å². The lowest BCUT2D eigenvalue weighted by molar-refractivity contribution is 0.101. The highest BCUT2D eigenvalue weighted by atomic mass is 16.1. The monoisotopic (exact) mass is 200 g/mol. The van der Waals surface area contributed by atoms with Gasteiger partial charge in [-0.1, -0.05) is 6.07 Å². The molecule has 2 heterocycles. The summed E-state index contributed by atoms with van der Waals surface area (Å²) >= 11 is 0. The molecule has 0 amide bonds. The Bertz CT molecular complexity index is 360. The van der Waals surface area contributed by atoms with E-state index in [1.54, 1.807) is 36.9 Å². The van der Waals surface area contributed by atoms with Crippen LogP contribution in [0.1, 0.15) is 17.3 Å². The molecule has 2 aromatic rings. The first kappa shape index (κ1) is 11.0. The summed E-state index contributed by atoms with van der Waals surface area (Å²) in [6.07, 6.45) is 6.70. The summed E-state index contributed by atoms with van der Waals surface area (Å²) in [5, 5.41) is 0. The van der Waals surface area contributed by atoms with E-state index in [0.717, 1.165) is 0 Å². The molecule has 0 aliphatic heterocycles. The van der Waals surface area contributed by atoms with Crippen molar-refractivity contribution in [1.82, 2.24) is 9.97 Å². The van der Waals surface area contributed by atoms with E-state index in [4.69, 9.17) is 0 Å². The fourth-order valence-electron chi connectivity index (χ4n) is 0.884. The molecule has 2 rings (SSSR count). The van der Waals surface area contributed by atoms with Crippen LogP contribution < -0.4 is 0 Å². The standard InChI is InChI=1S/C7H7NO.C5H5N/c1-6(9)7-3-2-4-8-5-7;1-2-4-6-5-3-1/h2-5H,1H3;1-5H. The predicted molar refractivity (Wildman–Crippen MR) is 58.5 cm³/mol. The second-order valence-corrected chi connectivity index (χ2v) is 2.82. The van der Waals surface area contributed by atoms with Crippen LogP contribution in [0.25, 0.3) is 0 Å². The van der Waals surface area contributed by atoms with Gasteiger partial charge in [0, 0.05) is 30.4 Å². The van der Waals surface area contributed by atoms with Crippen molar-refractivity contribution < 1.29 is 4.79 Å². The normalized spacial score (nSPS) is 8.60. The third-order valence-corrected chi connectivity index (χ3v) is 1.63. The lowest BCUT2D eigenvalue weighted by Crippen LogP contribution is -1.90. The van der Waals surface area contributed by atoms with E-state index >= 15 is 0 Å². The second-order valence-electron chi connectivity index (χ2n) is 2.82. The van der Waals surface area contributed by atoms with Gasteiger partial charge in [-0.05, 0) is 31.2 Å². The molecule has 3 nitrogen and oxygen atoms in total. The molecule has 0 bridgehead atoms. The quantitative estimate of drug-likeness (QED) is 0.664. The largest absolute Gasteiger partial charge is 0.294 e. The number of pyridine rings is 2. The summed E-state index contributed by atoms with van der Waals surface area (Å²) in [4.78, 5) is 18.2. The number of rotatable bonds is 1. The molecule has 0 fully saturated rings. The van der Waals surface area contributed by atoms with Gasteiger partial charge < -0.3 is 0 Å². The van der Waals surface area contributed by atoms with E-state index in [1.807, 2.05) is 18.2 Å². The first-order valence-electron chi connectivity index (χ1n) is 4.56. The maximum Gasteiger partial charge on any atom is 0.161 e. The Hall–Kier alpha value is -2.03. The number of carbonyl (C=O) groups excluding carboxylic acids is 1. The van der Waals surface area contributed by atoms with E-state index < -0.39 is 0 Å². The summed E-state index contributed by atoms with van der Waals surface area (Å²) in [5.41, 5.74) is 0.664. The van der Waals surface area contributed by atoms with Crippen LogP contribution >= 0.6 is 0 Å². The van der Waals surface area contributed by atoms with Gasteiger partial charge in [-0.15, -0.1) is 0 Å². The molecule has 0 saturated heterocycles. The summed E-state index contributed by atoms with van der Waals surface area (Å²) in [6.45, 7) is 1.52. The van der Waals surface area contributed by atoms with Gasteiger partial charge in [-0.3, -0.25) is 14.8 Å². The van der Waals surface area contributed by atoms with Crippen molar-refractivity contribution in [2.24, 2.45) is 0 Å². The number of nitrogens with zero attached hydrogens (tertiary/aromatic N) is 2. The van der Waals surface area contributed by atoms with Crippen LogP contribution in [0, 0.1) is 0 Å². The Morgan fingerprint density at radius 3 is 1.93 bits per heavy atom. The van der Waals surface area contributed by atoms with Crippen LogP contribution in [-0.4, -0.2) is 15.8 Å². The lowest BCUT2D eigenvalue weighted by atomic mass is 10.2. The van der Waals surface area contributed by atoms with Crippen LogP contribution in [0.15, 0.2) is 55.1 Å². The molecular formula is C12H12N2O. The second kappa shape index (κ2) is 6.43. The minimum Gasteiger partial charge on any atom is -0.294 e. The molecule has 0 N–H and O–H groups in total. The Morgan fingerprint density at radius 2 is 1.67 bits per heavy atom. The van der Waals surface area contributed by atoms with Crippen molar-refractivity contribution in [3.63, 3.8) is 0 Å². The van der Waals surface area contributed by atoms with Crippen molar-refractivity contribution in [3.05, 3.63) is 60.7 Å². The number of ketones is 1. The van der Waals surface area contributed by atoms with E-state index in [1.165, 1.54) is 6.92 Å². The van der Waals surface area contributed by atoms with Crippen LogP contribution in [0.2, 0.25) is 0 Å². The summed E-state index contributed by atoms with van der Waals surface area (Å²) in [7, 11) is 0. The molecule has 76 valence electrons. The molecule has 0 unspecified atom stereocenters. The number of hydrogen-bond donors (Lipinski definition) is 0. The third-order valence-electron chi connectivity index (χ3n) is 1.63. The van der Waals surface area contributed by atoms with Gasteiger partial charge in [0.1, 0.15) is 0 Å². The highest BCUT2D eigenvalue weighted by Gasteiger charge is 1.93. The van der Waals surface area contributed by atoms with Crippen molar-refractivity contribution in [1.29, 1.82) is 0 Å². The predicted octanol–water partition coefficient (Wildman–Crippen LogP) is 2.37. The average molecular weight is 200 g/mol. The summed E-state index contributed by atoms with van der Waals surface area (Å²) < 4.78 is 0. The van der Waals surface area contributed by atoms with Gasteiger partial charge in [-0.2, -0.15) is 0 Å². The number of hydrogen-bond acceptors (Lipinski definition) is 3. The lowest BCUT2D eigenvalue weighted by Gasteiger charge is -1.88. The van der Waals surface area contributed by atoms with E-state index in [2.05, 4.69) is 9.97 Å². The average Bonchev–Trinajstić information content (AvgIpc) is 2.33. The zero-order valence-electron chi connectivity index (χ0n) is 8.50. The fraction of sp³-hybridized carbons (Fsp3) is 0.0833. The first-order valence-corrected chi connectivity index (χ1v) is 4.56. The molecule has 2 aromatic heterocycles. The van der Waals surface area contributed by atoms with Gasteiger partial charge in [0.05, 0.1) is 0 Å². The van der Waals surface area contributed by atoms with Crippen molar-refractivity contribution in [2.45, 2.75) is 6.92 Å². The molecule has 0 aliphatic rings. The third kappa shape index (κ3) is 4.67. The molecule has 0 aromatic carbocycles. The number of Topliss-reactive ketones (excluding diaryl/α,β-unsaturated/α-hetero) is 1. The SMILES string of the molecule is CC(=O)c1cccnc1.c1ccncc1. The minimum absolute atomic E-state index is 0.0584. The van der Waals surface area contributed by atoms with Gasteiger partial charge in [0.25, 0.3) is 0 Å². The van der Waals surface area contributed by atoms with Crippen molar-refractivity contribution >= 4 is 5.78 Å². The molecule has 0 saturated carbocycles. The Kier molecular flexibility index (Phi) is 4.73. The van der Waals surface area contributed by atoms with Gasteiger partial charge in [-0.25, -0.2) is 0 Å². The maximum atomic E-state index is 10.6.